The Hall–Kier alpha value is -1.37. The van der Waals surface area contributed by atoms with E-state index >= 15 is 0 Å². The minimum absolute atomic E-state index is 0.190. The Balaban J connectivity index is 0.000000204. The minimum Gasteiger partial charge on any atom is -0.395 e. The maximum atomic E-state index is 5.68. The summed E-state index contributed by atoms with van der Waals surface area (Å²) >= 11 is 16.6. The van der Waals surface area contributed by atoms with Gasteiger partial charge in [0, 0.05) is 0 Å². The highest BCUT2D eigenvalue weighted by Crippen LogP contribution is 2.23. The molecule has 2 rings (SSSR count). The van der Waals surface area contributed by atoms with E-state index in [4.69, 9.17) is 46.3 Å². The molecule has 0 fully saturated rings. The van der Waals surface area contributed by atoms with E-state index in [0.717, 1.165) is 5.69 Å². The van der Waals surface area contributed by atoms with Crippen LogP contribution in [0.15, 0.2) is 12.7 Å². The van der Waals surface area contributed by atoms with Crippen molar-refractivity contribution in [2.75, 3.05) is 11.5 Å². The molecule has 2 aromatic rings. The average Bonchev–Trinajstić information content (AvgIpc) is 2.39. The van der Waals surface area contributed by atoms with Crippen molar-refractivity contribution in [2.45, 2.75) is 19.8 Å². The fraction of sp³-hybridized carbons (Fsp3) is 0.273. The molecule has 0 radical (unpaired) electrons. The van der Waals surface area contributed by atoms with Gasteiger partial charge in [0.25, 0.3) is 0 Å². The summed E-state index contributed by atoms with van der Waals surface area (Å²) < 4.78 is 0. The van der Waals surface area contributed by atoms with Crippen molar-refractivity contribution >= 4 is 46.2 Å². The summed E-state index contributed by atoms with van der Waals surface area (Å²) in [6.07, 6.45) is 2.68. The first-order valence-electron chi connectivity index (χ1n) is 5.51. The lowest BCUT2D eigenvalue weighted by Gasteiger charge is -2.07. The summed E-state index contributed by atoms with van der Waals surface area (Å²) in [6, 6.07) is 0. The quantitative estimate of drug-likeness (QED) is 0.776. The van der Waals surface area contributed by atoms with Crippen LogP contribution in [-0.4, -0.2) is 19.9 Å². The highest BCUT2D eigenvalue weighted by atomic mass is 35.5. The molecule has 0 aromatic carbocycles. The monoisotopic (exact) mass is 334 g/mol. The van der Waals surface area contributed by atoms with Gasteiger partial charge in [0.15, 0.2) is 15.5 Å². The van der Waals surface area contributed by atoms with Gasteiger partial charge >= 0.3 is 0 Å². The zero-order chi connectivity index (χ0) is 15.3. The molecule has 0 aliphatic rings. The standard InChI is InChI=1S/C7H10ClN3.C4H3Cl2N3/c1-4(2)6-5(9)7(8)11-3-10-6;5-3-2(7)4(6)9-1-8-3/h3-4H,9H2,1-2H3;1H,7H2. The molecule has 0 bridgehead atoms. The van der Waals surface area contributed by atoms with E-state index in [2.05, 4.69) is 19.9 Å². The molecule has 20 heavy (non-hydrogen) atoms. The van der Waals surface area contributed by atoms with Gasteiger partial charge in [-0.05, 0) is 5.92 Å². The van der Waals surface area contributed by atoms with Crippen LogP contribution in [0, 0.1) is 0 Å². The van der Waals surface area contributed by atoms with Crippen molar-refractivity contribution < 1.29 is 0 Å². The number of nitrogens with two attached hydrogens (primary N) is 2. The van der Waals surface area contributed by atoms with Crippen LogP contribution in [0.4, 0.5) is 11.4 Å². The summed E-state index contributed by atoms with van der Waals surface area (Å²) in [5.41, 5.74) is 12.4. The van der Waals surface area contributed by atoms with Crippen molar-refractivity contribution in [2.24, 2.45) is 0 Å². The van der Waals surface area contributed by atoms with Crippen LogP contribution in [0.2, 0.25) is 15.5 Å². The van der Waals surface area contributed by atoms with E-state index in [-0.39, 0.29) is 21.9 Å². The Morgan fingerprint density at radius 2 is 1.20 bits per heavy atom. The van der Waals surface area contributed by atoms with Gasteiger partial charge in [0.05, 0.1) is 11.4 Å². The Labute approximate surface area is 131 Å². The minimum atomic E-state index is 0.190. The first-order chi connectivity index (χ1) is 9.34. The van der Waals surface area contributed by atoms with Gasteiger partial charge in [-0.15, -0.1) is 0 Å². The number of hydrogen-bond acceptors (Lipinski definition) is 6. The maximum Gasteiger partial charge on any atom is 0.156 e. The summed E-state index contributed by atoms with van der Waals surface area (Å²) in [5.74, 6) is 0.287. The van der Waals surface area contributed by atoms with Crippen LogP contribution in [0.3, 0.4) is 0 Å². The molecular formula is C11H13Cl3N6. The second-order valence-corrected chi connectivity index (χ2v) is 5.06. The maximum absolute atomic E-state index is 5.68. The molecule has 108 valence electrons. The molecule has 4 N–H and O–H groups in total. The summed E-state index contributed by atoms with van der Waals surface area (Å²) in [4.78, 5) is 14.9. The molecule has 0 unspecified atom stereocenters. The van der Waals surface area contributed by atoms with Crippen LogP contribution >= 0.6 is 34.8 Å². The summed E-state index contributed by atoms with van der Waals surface area (Å²) in [7, 11) is 0. The molecule has 0 aliphatic heterocycles. The smallest absolute Gasteiger partial charge is 0.156 e. The number of aromatic nitrogens is 4. The Morgan fingerprint density at radius 3 is 1.55 bits per heavy atom. The second kappa shape index (κ2) is 7.42. The first kappa shape index (κ1) is 16.7. The molecule has 2 heterocycles. The molecule has 0 saturated carbocycles. The summed E-state index contributed by atoms with van der Waals surface area (Å²) in [6.45, 7) is 4.02. The third kappa shape index (κ3) is 4.33. The third-order valence-corrected chi connectivity index (χ3v) is 3.10. The normalized spacial score (nSPS) is 10.1. The predicted octanol–water partition coefficient (Wildman–Crippen LogP) is 3.20. The lowest BCUT2D eigenvalue weighted by Crippen LogP contribution is -2.01. The van der Waals surface area contributed by atoms with Crippen LogP contribution in [-0.2, 0) is 0 Å². The van der Waals surface area contributed by atoms with E-state index in [1.807, 2.05) is 13.8 Å². The number of hydrogen-bond donors (Lipinski definition) is 2. The molecule has 0 amide bonds. The van der Waals surface area contributed by atoms with Crippen molar-refractivity contribution in [3.05, 3.63) is 33.8 Å². The zero-order valence-electron chi connectivity index (χ0n) is 10.8. The Bertz CT molecular complexity index is 570. The number of nitrogens with zero attached hydrogens (tertiary/aromatic N) is 4. The Morgan fingerprint density at radius 1 is 0.800 bits per heavy atom. The predicted molar refractivity (Wildman–Crippen MR) is 82.0 cm³/mol. The lowest BCUT2D eigenvalue weighted by molar-refractivity contribution is 0.818. The van der Waals surface area contributed by atoms with Crippen molar-refractivity contribution in [1.29, 1.82) is 0 Å². The molecular weight excluding hydrogens is 323 g/mol. The highest BCUT2D eigenvalue weighted by Gasteiger charge is 2.08. The van der Waals surface area contributed by atoms with Crippen molar-refractivity contribution in [3.63, 3.8) is 0 Å². The largest absolute Gasteiger partial charge is 0.395 e. The molecule has 0 saturated heterocycles. The summed E-state index contributed by atoms with van der Waals surface area (Å²) in [5, 5.41) is 0.716. The average molecular weight is 336 g/mol. The number of rotatable bonds is 1. The van der Waals surface area contributed by atoms with Gasteiger partial charge in [0.2, 0.25) is 0 Å². The van der Waals surface area contributed by atoms with Gasteiger partial charge in [-0.1, -0.05) is 48.7 Å². The van der Waals surface area contributed by atoms with Crippen LogP contribution in [0.5, 0.6) is 0 Å². The van der Waals surface area contributed by atoms with Gasteiger partial charge in [-0.3, -0.25) is 0 Å². The van der Waals surface area contributed by atoms with Gasteiger partial charge in [-0.2, -0.15) is 0 Å². The molecule has 2 aromatic heterocycles. The lowest BCUT2D eigenvalue weighted by atomic mass is 10.1. The topological polar surface area (TPSA) is 104 Å². The number of anilines is 2. The van der Waals surface area contributed by atoms with Crippen LogP contribution in [0.1, 0.15) is 25.5 Å². The SMILES string of the molecule is CC(C)c1ncnc(Cl)c1N.Nc1c(Cl)ncnc1Cl. The molecule has 0 spiro atoms. The van der Waals surface area contributed by atoms with Crippen molar-refractivity contribution in [1.82, 2.24) is 19.9 Å². The number of halogens is 3. The number of nitrogen functional groups attached to an aromatic ring is 2. The van der Waals surface area contributed by atoms with E-state index in [1.54, 1.807) is 0 Å². The van der Waals surface area contributed by atoms with E-state index in [0.29, 0.717) is 10.8 Å². The fourth-order valence-electron chi connectivity index (χ4n) is 1.20. The second-order valence-electron chi connectivity index (χ2n) is 3.99. The van der Waals surface area contributed by atoms with Crippen molar-refractivity contribution in [3.8, 4) is 0 Å². The first-order valence-corrected chi connectivity index (χ1v) is 6.65. The fourth-order valence-corrected chi connectivity index (χ4v) is 1.66. The van der Waals surface area contributed by atoms with Crippen LogP contribution in [0.25, 0.3) is 0 Å². The van der Waals surface area contributed by atoms with Gasteiger partial charge < -0.3 is 11.5 Å². The molecule has 9 heteroatoms. The van der Waals surface area contributed by atoms with Gasteiger partial charge in [0.1, 0.15) is 18.3 Å². The molecule has 6 nitrogen and oxygen atoms in total. The Kier molecular flexibility index (Phi) is 6.19. The van der Waals surface area contributed by atoms with Crippen LogP contribution < -0.4 is 11.5 Å². The van der Waals surface area contributed by atoms with Gasteiger partial charge in [-0.25, -0.2) is 19.9 Å². The highest BCUT2D eigenvalue weighted by molar-refractivity contribution is 6.37. The van der Waals surface area contributed by atoms with E-state index in [1.165, 1.54) is 12.7 Å². The third-order valence-electron chi connectivity index (χ3n) is 2.20. The zero-order valence-corrected chi connectivity index (χ0v) is 13.1. The van der Waals surface area contributed by atoms with E-state index in [9.17, 15) is 0 Å². The molecule has 0 aliphatic carbocycles. The molecule has 0 atom stereocenters. The van der Waals surface area contributed by atoms with E-state index < -0.39 is 0 Å².